The van der Waals surface area contributed by atoms with Crippen LogP contribution in [0.15, 0.2) is 42.5 Å². The van der Waals surface area contributed by atoms with Gasteiger partial charge in [0.2, 0.25) is 5.91 Å². The lowest BCUT2D eigenvalue weighted by molar-refractivity contribution is -0.143. The van der Waals surface area contributed by atoms with Gasteiger partial charge in [0.25, 0.3) is 5.91 Å². The summed E-state index contributed by atoms with van der Waals surface area (Å²) in [5.41, 5.74) is 0.314. The highest BCUT2D eigenvalue weighted by molar-refractivity contribution is 6.31. The van der Waals surface area contributed by atoms with Crippen LogP contribution in [0.1, 0.15) is 39.7 Å². The van der Waals surface area contributed by atoms with Gasteiger partial charge in [-0.05, 0) is 38.8 Å². The summed E-state index contributed by atoms with van der Waals surface area (Å²) in [7, 11) is 3.07. The fraction of sp³-hybridized carbons (Fsp3) is 0.440. The maximum absolute atomic E-state index is 13.3. The van der Waals surface area contributed by atoms with Crippen molar-refractivity contribution >= 4 is 23.4 Å². The van der Waals surface area contributed by atoms with Crippen LogP contribution < -0.4 is 19.5 Å². The lowest BCUT2D eigenvalue weighted by Gasteiger charge is -2.33. The van der Waals surface area contributed by atoms with E-state index in [0.717, 1.165) is 5.56 Å². The molecule has 0 radical (unpaired) electrons. The number of nitrogens with zero attached hydrogens (tertiary/aromatic N) is 1. The van der Waals surface area contributed by atoms with Crippen molar-refractivity contribution in [2.24, 2.45) is 0 Å². The summed E-state index contributed by atoms with van der Waals surface area (Å²) in [5, 5.41) is 3.50. The van der Waals surface area contributed by atoms with Crippen molar-refractivity contribution in [2.45, 2.75) is 52.2 Å². The second-order valence-electron chi connectivity index (χ2n) is 8.61. The number of carbonyl (C=O) groups is 2. The van der Waals surface area contributed by atoms with Crippen molar-refractivity contribution in [3.05, 3.63) is 53.1 Å². The van der Waals surface area contributed by atoms with Crippen LogP contribution in [0, 0.1) is 0 Å². The smallest absolute Gasteiger partial charge is 0.261 e. The summed E-state index contributed by atoms with van der Waals surface area (Å²) >= 11 is 6.35. The molecule has 1 atom stereocenters. The number of amides is 2. The summed E-state index contributed by atoms with van der Waals surface area (Å²) in [4.78, 5) is 27.9. The molecule has 7 nitrogen and oxygen atoms in total. The van der Waals surface area contributed by atoms with Gasteiger partial charge in [0.15, 0.2) is 6.61 Å². The van der Waals surface area contributed by atoms with Crippen molar-refractivity contribution in [3.63, 3.8) is 0 Å². The molecule has 8 heteroatoms. The molecular formula is C25H33ClN2O5. The molecule has 0 aliphatic carbocycles. The zero-order valence-corrected chi connectivity index (χ0v) is 20.9. The van der Waals surface area contributed by atoms with Gasteiger partial charge < -0.3 is 24.4 Å². The number of hydrogen-bond donors (Lipinski definition) is 1. The predicted molar refractivity (Wildman–Crippen MR) is 129 cm³/mol. The summed E-state index contributed by atoms with van der Waals surface area (Å²) in [5.74, 6) is 0.937. The number of carbonyl (C=O) groups excluding carboxylic acids is 2. The molecule has 0 saturated carbocycles. The minimum absolute atomic E-state index is 0.180. The van der Waals surface area contributed by atoms with Crippen LogP contribution in [0.5, 0.6) is 17.2 Å². The second kappa shape index (κ2) is 11.8. The van der Waals surface area contributed by atoms with Crippen molar-refractivity contribution in [2.75, 3.05) is 20.8 Å². The second-order valence-corrected chi connectivity index (χ2v) is 9.02. The number of nitrogens with one attached hydrogen (secondary N) is 1. The molecule has 180 valence electrons. The number of ether oxygens (including phenoxy) is 3. The summed E-state index contributed by atoms with van der Waals surface area (Å²) in [6.45, 7) is 7.48. The van der Waals surface area contributed by atoms with Crippen LogP contribution >= 0.6 is 11.6 Å². The van der Waals surface area contributed by atoms with Gasteiger partial charge in [-0.1, -0.05) is 36.7 Å². The Morgan fingerprint density at radius 1 is 1.03 bits per heavy atom. The predicted octanol–water partition coefficient (Wildman–Crippen LogP) is 4.46. The first-order valence-corrected chi connectivity index (χ1v) is 11.2. The molecule has 2 amide bonds. The van der Waals surface area contributed by atoms with Crippen LogP contribution in [-0.4, -0.2) is 49.1 Å². The lowest BCUT2D eigenvalue weighted by Crippen LogP contribution is -2.54. The molecule has 0 aliphatic heterocycles. The van der Waals surface area contributed by atoms with Gasteiger partial charge in [0.1, 0.15) is 23.3 Å². The minimum Gasteiger partial charge on any atom is -0.496 e. The Bertz CT molecular complexity index is 936. The average Bonchev–Trinajstić information content (AvgIpc) is 2.77. The van der Waals surface area contributed by atoms with E-state index < -0.39 is 11.6 Å². The van der Waals surface area contributed by atoms with Gasteiger partial charge >= 0.3 is 0 Å². The molecule has 0 spiro atoms. The number of methoxy groups -OCH3 is 2. The summed E-state index contributed by atoms with van der Waals surface area (Å²) < 4.78 is 16.3. The minimum atomic E-state index is -0.684. The van der Waals surface area contributed by atoms with Gasteiger partial charge in [-0.15, -0.1) is 0 Å². The van der Waals surface area contributed by atoms with Gasteiger partial charge in [0, 0.05) is 35.3 Å². The first-order chi connectivity index (χ1) is 15.6. The maximum Gasteiger partial charge on any atom is 0.261 e. The Kier molecular flexibility index (Phi) is 9.41. The van der Waals surface area contributed by atoms with Gasteiger partial charge in [-0.25, -0.2) is 0 Å². The fourth-order valence-corrected chi connectivity index (χ4v) is 3.47. The van der Waals surface area contributed by atoms with Crippen LogP contribution in [0.2, 0.25) is 5.02 Å². The van der Waals surface area contributed by atoms with Crippen LogP contribution in [0.25, 0.3) is 0 Å². The Labute approximate surface area is 201 Å². The highest BCUT2D eigenvalue weighted by atomic mass is 35.5. The molecule has 2 aromatic rings. The molecule has 33 heavy (non-hydrogen) atoms. The molecule has 0 aliphatic rings. The molecule has 0 unspecified atom stereocenters. The summed E-state index contributed by atoms with van der Waals surface area (Å²) in [6.07, 6.45) is 0.436. The monoisotopic (exact) mass is 476 g/mol. The topological polar surface area (TPSA) is 77.1 Å². The quantitative estimate of drug-likeness (QED) is 0.548. The first kappa shape index (κ1) is 26.3. The van der Waals surface area contributed by atoms with E-state index in [9.17, 15) is 9.59 Å². The van der Waals surface area contributed by atoms with E-state index in [4.69, 9.17) is 25.8 Å². The van der Waals surface area contributed by atoms with Crippen molar-refractivity contribution in [1.82, 2.24) is 10.2 Å². The highest BCUT2D eigenvalue weighted by Crippen LogP contribution is 2.27. The van der Waals surface area contributed by atoms with E-state index in [1.807, 2.05) is 45.9 Å². The van der Waals surface area contributed by atoms with E-state index >= 15 is 0 Å². The Morgan fingerprint density at radius 2 is 1.61 bits per heavy atom. The zero-order valence-electron chi connectivity index (χ0n) is 20.1. The number of rotatable bonds is 10. The molecule has 1 N–H and O–H groups in total. The van der Waals surface area contributed by atoms with E-state index in [1.165, 1.54) is 19.1 Å². The fourth-order valence-electron chi connectivity index (χ4n) is 3.28. The number of benzene rings is 2. The van der Waals surface area contributed by atoms with E-state index in [2.05, 4.69) is 5.32 Å². The van der Waals surface area contributed by atoms with Crippen LogP contribution in [-0.2, 0) is 16.1 Å². The number of hydrogen-bond acceptors (Lipinski definition) is 5. The largest absolute Gasteiger partial charge is 0.496 e. The lowest BCUT2D eigenvalue weighted by atomic mass is 10.1. The van der Waals surface area contributed by atoms with Crippen LogP contribution in [0.4, 0.5) is 0 Å². The molecule has 2 rings (SSSR count). The Morgan fingerprint density at radius 3 is 2.12 bits per heavy atom. The van der Waals surface area contributed by atoms with Crippen molar-refractivity contribution < 1.29 is 23.8 Å². The standard InChI is InChI=1S/C25H33ClN2O5/c1-7-22(24(30)27-25(2,3)4)28(15-17-10-8-9-11-21(17)26)23(29)16-33-20-13-18(31-5)12-19(14-20)32-6/h8-14,22H,7,15-16H2,1-6H3,(H,27,30)/t22-/m1/s1. The van der Waals surface area contributed by atoms with Gasteiger partial charge in [0.05, 0.1) is 14.2 Å². The van der Waals surface area contributed by atoms with Gasteiger partial charge in [-0.3, -0.25) is 9.59 Å². The molecule has 0 saturated heterocycles. The van der Waals surface area contributed by atoms with Crippen LogP contribution in [0.3, 0.4) is 0 Å². The van der Waals surface area contributed by atoms with E-state index in [0.29, 0.717) is 28.7 Å². The molecule has 0 heterocycles. The number of halogens is 1. The first-order valence-electron chi connectivity index (χ1n) is 10.8. The van der Waals surface area contributed by atoms with E-state index in [-0.39, 0.29) is 25.0 Å². The van der Waals surface area contributed by atoms with Crippen molar-refractivity contribution in [3.8, 4) is 17.2 Å². The Balaban J connectivity index is 2.29. The third-order valence-corrected chi connectivity index (χ3v) is 5.24. The van der Waals surface area contributed by atoms with Gasteiger partial charge in [-0.2, -0.15) is 0 Å². The highest BCUT2D eigenvalue weighted by Gasteiger charge is 2.31. The normalized spacial score (nSPS) is 12.0. The average molecular weight is 477 g/mol. The molecule has 0 aromatic heterocycles. The zero-order chi connectivity index (χ0) is 24.6. The van der Waals surface area contributed by atoms with Crippen molar-refractivity contribution in [1.29, 1.82) is 0 Å². The van der Waals surface area contributed by atoms with E-state index in [1.54, 1.807) is 24.3 Å². The molecule has 0 fully saturated rings. The molecule has 0 bridgehead atoms. The third kappa shape index (κ3) is 7.86. The molecular weight excluding hydrogens is 444 g/mol. The molecule has 2 aromatic carbocycles. The summed E-state index contributed by atoms with van der Waals surface area (Å²) in [6, 6.07) is 11.6. The third-order valence-electron chi connectivity index (χ3n) is 4.87. The SMILES string of the molecule is CC[C@H](C(=O)NC(C)(C)C)N(Cc1ccccc1Cl)C(=O)COc1cc(OC)cc(OC)c1. The Hall–Kier alpha value is -2.93. The maximum atomic E-state index is 13.3.